The summed E-state index contributed by atoms with van der Waals surface area (Å²) in [5.41, 5.74) is 5.28. The molecule has 0 bridgehead atoms. The molecule has 0 aliphatic rings. The Kier molecular flexibility index (Phi) is 7.28. The quantitative estimate of drug-likeness (QED) is 0.389. The molecule has 3 nitrogen and oxygen atoms in total. The fourth-order valence-electron chi connectivity index (χ4n) is 0.594. The summed E-state index contributed by atoms with van der Waals surface area (Å²) in [5.74, 6) is 0. The monoisotopic (exact) mass is 162 g/mol. The van der Waals surface area contributed by atoms with Crippen LogP contribution in [0, 0.1) is 0 Å². The minimum absolute atomic E-state index is 0.323. The molecular weight excluding hydrogens is 144 g/mol. The number of nitrogens with two attached hydrogens (primary N) is 1. The summed E-state index contributed by atoms with van der Waals surface area (Å²) in [6, 6.07) is 0. The van der Waals surface area contributed by atoms with Crippen LogP contribution in [0.2, 0.25) is 0 Å². The average molecular weight is 162 g/mol. The van der Waals surface area contributed by atoms with Crippen molar-refractivity contribution < 1.29 is 4.43 Å². The van der Waals surface area contributed by atoms with E-state index in [0.717, 1.165) is 19.3 Å². The third-order valence-electron chi connectivity index (χ3n) is 1.05. The lowest BCUT2D eigenvalue weighted by atomic mass is 10.5. The topological polar surface area (TPSA) is 47.3 Å². The van der Waals surface area contributed by atoms with E-state index in [0.29, 0.717) is 6.10 Å². The summed E-state index contributed by atoms with van der Waals surface area (Å²) in [5, 5.41) is 3.20. The van der Waals surface area contributed by atoms with Gasteiger partial charge in [-0.1, -0.05) is 0 Å². The van der Waals surface area contributed by atoms with Gasteiger partial charge in [0.15, 0.2) is 9.76 Å². The van der Waals surface area contributed by atoms with Gasteiger partial charge in [0, 0.05) is 25.4 Å². The zero-order chi connectivity index (χ0) is 7.82. The van der Waals surface area contributed by atoms with E-state index in [4.69, 9.17) is 10.2 Å². The normalized spacial score (nSPS) is 12.0. The van der Waals surface area contributed by atoms with Gasteiger partial charge in [-0.25, -0.2) is 0 Å². The second-order valence-corrected chi connectivity index (χ2v) is 3.70. The van der Waals surface area contributed by atoms with Crippen molar-refractivity contribution in [1.82, 2.24) is 5.32 Å². The first-order valence-electron chi connectivity index (χ1n) is 3.79. The summed E-state index contributed by atoms with van der Waals surface area (Å²) >= 11 is 0. The summed E-state index contributed by atoms with van der Waals surface area (Å²) in [4.78, 5) is 0. The molecule has 0 aromatic carbocycles. The maximum Gasteiger partial charge on any atom is 0.175 e. The van der Waals surface area contributed by atoms with Gasteiger partial charge in [-0.3, -0.25) is 0 Å². The minimum atomic E-state index is -0.323. The van der Waals surface area contributed by atoms with Crippen molar-refractivity contribution in [3.63, 3.8) is 0 Å². The van der Waals surface area contributed by atoms with Gasteiger partial charge in [-0.2, -0.15) is 0 Å². The first kappa shape index (κ1) is 10.1. The Bertz CT molecular complexity index is 70.8. The van der Waals surface area contributed by atoms with Gasteiger partial charge < -0.3 is 15.5 Å². The zero-order valence-corrected chi connectivity index (χ0v) is 8.31. The van der Waals surface area contributed by atoms with Crippen LogP contribution in [-0.4, -0.2) is 35.1 Å². The first-order chi connectivity index (χ1) is 4.77. The summed E-state index contributed by atoms with van der Waals surface area (Å²) < 4.78 is 5.42. The molecule has 0 atom stereocenters. The molecule has 0 spiro atoms. The molecule has 0 aliphatic heterocycles. The van der Waals surface area contributed by atoms with Crippen LogP contribution >= 0.6 is 0 Å². The van der Waals surface area contributed by atoms with Crippen molar-refractivity contribution in [3.8, 4) is 0 Å². The molecule has 0 saturated carbocycles. The summed E-state index contributed by atoms with van der Waals surface area (Å²) in [6.45, 7) is 5.76. The van der Waals surface area contributed by atoms with Crippen LogP contribution < -0.4 is 11.1 Å². The van der Waals surface area contributed by atoms with Crippen molar-refractivity contribution in [2.45, 2.75) is 20.0 Å². The van der Waals surface area contributed by atoms with Gasteiger partial charge >= 0.3 is 0 Å². The van der Waals surface area contributed by atoms with Gasteiger partial charge in [0.25, 0.3) is 0 Å². The predicted octanol–water partition coefficient (Wildman–Crippen LogP) is -0.999. The van der Waals surface area contributed by atoms with Crippen LogP contribution in [0.15, 0.2) is 0 Å². The molecule has 0 aromatic rings. The summed E-state index contributed by atoms with van der Waals surface area (Å²) in [7, 11) is -0.323. The maximum atomic E-state index is 5.42. The van der Waals surface area contributed by atoms with Crippen LogP contribution in [0.4, 0.5) is 0 Å². The van der Waals surface area contributed by atoms with Crippen molar-refractivity contribution in [1.29, 1.82) is 0 Å². The Balaban J connectivity index is 2.77. The molecule has 62 valence electrons. The van der Waals surface area contributed by atoms with Crippen molar-refractivity contribution in [2.24, 2.45) is 5.73 Å². The van der Waals surface area contributed by atoms with E-state index in [1.54, 1.807) is 0 Å². The highest BCUT2D eigenvalue weighted by molar-refractivity contribution is 6.27. The van der Waals surface area contributed by atoms with Gasteiger partial charge in [0.1, 0.15) is 0 Å². The van der Waals surface area contributed by atoms with Crippen LogP contribution in [0.5, 0.6) is 0 Å². The molecule has 0 radical (unpaired) electrons. The van der Waals surface area contributed by atoms with Crippen molar-refractivity contribution in [3.05, 3.63) is 0 Å². The standard InChI is InChI=1S/C6H18N2OSi/c1-6(2)9-10-5-8-4-3-7/h6,8H,3-5,7,10H2,1-2H3. The smallest absolute Gasteiger partial charge is 0.175 e. The molecule has 0 amide bonds. The number of nitrogens with one attached hydrogen (secondary N) is 1. The van der Waals surface area contributed by atoms with Crippen LogP contribution in [0.25, 0.3) is 0 Å². The van der Waals surface area contributed by atoms with Gasteiger partial charge in [0.2, 0.25) is 0 Å². The molecular formula is C6H18N2OSi. The molecule has 0 aliphatic carbocycles. The number of hydrogen-bond donors (Lipinski definition) is 2. The first-order valence-corrected chi connectivity index (χ1v) is 5.37. The van der Waals surface area contributed by atoms with Gasteiger partial charge in [0.05, 0.1) is 0 Å². The molecule has 0 unspecified atom stereocenters. The van der Waals surface area contributed by atoms with E-state index >= 15 is 0 Å². The van der Waals surface area contributed by atoms with E-state index in [1.807, 2.05) is 0 Å². The summed E-state index contributed by atoms with van der Waals surface area (Å²) in [6.07, 6.45) is 1.43. The van der Waals surface area contributed by atoms with E-state index in [-0.39, 0.29) is 9.76 Å². The third kappa shape index (κ3) is 8.10. The molecule has 0 aromatic heterocycles. The molecule has 4 heteroatoms. The highest BCUT2D eigenvalue weighted by Gasteiger charge is 1.91. The Morgan fingerprint density at radius 1 is 1.60 bits per heavy atom. The SMILES string of the molecule is CC(C)O[SiH2]CNCCN. The molecule has 0 saturated heterocycles. The lowest BCUT2D eigenvalue weighted by Crippen LogP contribution is -2.28. The molecule has 0 rings (SSSR count). The Morgan fingerprint density at radius 2 is 2.30 bits per heavy atom. The third-order valence-corrected chi connectivity index (χ3v) is 2.51. The van der Waals surface area contributed by atoms with E-state index in [2.05, 4.69) is 19.2 Å². The average Bonchev–Trinajstić information content (AvgIpc) is 1.87. The lowest BCUT2D eigenvalue weighted by molar-refractivity contribution is 0.254. The molecule has 10 heavy (non-hydrogen) atoms. The fraction of sp³-hybridized carbons (Fsp3) is 1.00. The Morgan fingerprint density at radius 3 is 2.80 bits per heavy atom. The van der Waals surface area contributed by atoms with Gasteiger partial charge in [-0.05, 0) is 13.8 Å². The van der Waals surface area contributed by atoms with Gasteiger partial charge in [-0.15, -0.1) is 0 Å². The highest BCUT2D eigenvalue weighted by atomic mass is 28.2. The van der Waals surface area contributed by atoms with Crippen LogP contribution in [0.1, 0.15) is 13.8 Å². The van der Waals surface area contributed by atoms with Crippen molar-refractivity contribution >= 4 is 9.76 Å². The molecule has 3 N–H and O–H groups in total. The zero-order valence-electron chi connectivity index (χ0n) is 6.89. The predicted molar refractivity (Wildman–Crippen MR) is 46.7 cm³/mol. The van der Waals surface area contributed by atoms with Crippen molar-refractivity contribution in [2.75, 3.05) is 19.3 Å². The Labute approximate surface area is 65.3 Å². The Hall–Kier alpha value is 0.0969. The van der Waals surface area contributed by atoms with E-state index in [1.165, 1.54) is 0 Å². The second-order valence-electron chi connectivity index (χ2n) is 2.46. The van der Waals surface area contributed by atoms with E-state index < -0.39 is 0 Å². The maximum absolute atomic E-state index is 5.42. The van der Waals surface area contributed by atoms with E-state index in [9.17, 15) is 0 Å². The largest absolute Gasteiger partial charge is 0.420 e. The number of hydrogen-bond acceptors (Lipinski definition) is 3. The molecule has 0 heterocycles. The minimum Gasteiger partial charge on any atom is -0.420 e. The number of rotatable bonds is 6. The highest BCUT2D eigenvalue weighted by Crippen LogP contribution is 1.82. The van der Waals surface area contributed by atoms with Crippen LogP contribution in [0.3, 0.4) is 0 Å². The van der Waals surface area contributed by atoms with Crippen LogP contribution in [-0.2, 0) is 4.43 Å². The molecule has 0 fully saturated rings. The second kappa shape index (κ2) is 7.21. The fourth-order valence-corrected chi connectivity index (χ4v) is 1.58. The lowest BCUT2D eigenvalue weighted by Gasteiger charge is -2.06.